The fraction of sp³-hybridized carbons (Fsp3) is 0.0909. The van der Waals surface area contributed by atoms with Gasteiger partial charge in [-0.05, 0) is 22.0 Å². The number of carbonyl (C=O) groups is 1. The van der Waals surface area contributed by atoms with E-state index in [1.165, 1.54) is 31.7 Å². The number of nitrogens with one attached hydrogen (secondary N) is 2. The Balaban J connectivity index is 2.23. The van der Waals surface area contributed by atoms with Gasteiger partial charge in [-0.1, -0.05) is 0 Å². The van der Waals surface area contributed by atoms with Crippen molar-refractivity contribution in [2.45, 2.75) is 0 Å². The van der Waals surface area contributed by atoms with Crippen molar-refractivity contribution in [2.24, 2.45) is 0 Å². The van der Waals surface area contributed by atoms with Crippen LogP contribution in [-0.2, 0) is 0 Å². The Morgan fingerprint density at radius 3 is 2.74 bits per heavy atom. The molecule has 0 aliphatic carbocycles. The van der Waals surface area contributed by atoms with Crippen LogP contribution in [0.15, 0.2) is 29.3 Å². The van der Waals surface area contributed by atoms with E-state index >= 15 is 0 Å². The summed E-state index contributed by atoms with van der Waals surface area (Å²) in [5, 5.41) is 5.01. The summed E-state index contributed by atoms with van der Waals surface area (Å²) in [5.41, 5.74) is -0.121. The van der Waals surface area contributed by atoms with Gasteiger partial charge in [0.15, 0.2) is 17.5 Å². The van der Waals surface area contributed by atoms with E-state index in [0.29, 0.717) is 4.60 Å². The zero-order chi connectivity index (χ0) is 13.8. The fourth-order valence-electron chi connectivity index (χ4n) is 1.35. The van der Waals surface area contributed by atoms with E-state index < -0.39 is 11.7 Å². The summed E-state index contributed by atoms with van der Waals surface area (Å²) < 4.78 is 14.4. The maximum atomic E-state index is 13.9. The first-order chi connectivity index (χ1) is 9.11. The normalized spacial score (nSPS) is 10.1. The Morgan fingerprint density at radius 1 is 1.32 bits per heavy atom. The van der Waals surface area contributed by atoms with E-state index in [-0.39, 0.29) is 17.2 Å². The number of rotatable bonds is 3. The van der Waals surface area contributed by atoms with Crippen LogP contribution in [0.3, 0.4) is 0 Å². The monoisotopic (exact) mass is 325 g/mol. The molecule has 0 aliphatic rings. The Kier molecular flexibility index (Phi) is 4.00. The molecule has 0 aromatic carbocycles. The SMILES string of the molecule is CNc1nccc(C(=O)Nc2cnc(Br)cn2)c1F. The van der Waals surface area contributed by atoms with Crippen LogP contribution in [0.5, 0.6) is 0 Å². The lowest BCUT2D eigenvalue weighted by Gasteiger charge is -2.07. The fourth-order valence-corrected chi connectivity index (χ4v) is 1.56. The summed E-state index contributed by atoms with van der Waals surface area (Å²) in [6, 6.07) is 1.29. The van der Waals surface area contributed by atoms with Crippen LogP contribution >= 0.6 is 15.9 Å². The van der Waals surface area contributed by atoms with Crippen molar-refractivity contribution in [1.82, 2.24) is 15.0 Å². The molecule has 0 saturated heterocycles. The third-order valence-corrected chi connectivity index (χ3v) is 2.64. The number of aromatic nitrogens is 3. The Labute approximate surface area is 116 Å². The largest absolute Gasteiger partial charge is 0.371 e. The highest BCUT2D eigenvalue weighted by molar-refractivity contribution is 9.10. The van der Waals surface area contributed by atoms with Crippen molar-refractivity contribution in [3.63, 3.8) is 0 Å². The van der Waals surface area contributed by atoms with E-state index in [1.807, 2.05) is 0 Å². The first-order valence-electron chi connectivity index (χ1n) is 5.23. The molecule has 2 heterocycles. The molecular formula is C11H9BrFN5O. The van der Waals surface area contributed by atoms with E-state index in [1.54, 1.807) is 0 Å². The molecule has 0 spiro atoms. The first kappa shape index (κ1) is 13.3. The number of hydrogen-bond acceptors (Lipinski definition) is 5. The zero-order valence-corrected chi connectivity index (χ0v) is 11.4. The van der Waals surface area contributed by atoms with Gasteiger partial charge in [-0.2, -0.15) is 0 Å². The molecule has 0 aliphatic heterocycles. The molecule has 2 N–H and O–H groups in total. The van der Waals surface area contributed by atoms with Gasteiger partial charge in [0.2, 0.25) is 0 Å². The molecular weight excluding hydrogens is 317 g/mol. The zero-order valence-electron chi connectivity index (χ0n) is 9.82. The Morgan fingerprint density at radius 2 is 2.11 bits per heavy atom. The highest BCUT2D eigenvalue weighted by Gasteiger charge is 2.16. The van der Waals surface area contributed by atoms with E-state index in [0.717, 1.165) is 0 Å². The molecule has 2 rings (SSSR count). The maximum Gasteiger partial charge on any atom is 0.260 e. The number of pyridine rings is 1. The third kappa shape index (κ3) is 3.02. The van der Waals surface area contributed by atoms with Crippen molar-refractivity contribution in [3.05, 3.63) is 40.6 Å². The molecule has 8 heteroatoms. The van der Waals surface area contributed by atoms with E-state index in [4.69, 9.17) is 0 Å². The van der Waals surface area contributed by atoms with Crippen molar-refractivity contribution >= 4 is 33.5 Å². The third-order valence-electron chi connectivity index (χ3n) is 2.23. The van der Waals surface area contributed by atoms with Crippen LogP contribution in [0.2, 0.25) is 0 Å². The molecule has 0 bridgehead atoms. The van der Waals surface area contributed by atoms with Crippen LogP contribution in [0.4, 0.5) is 16.0 Å². The lowest BCUT2D eigenvalue weighted by Crippen LogP contribution is -2.16. The summed E-state index contributed by atoms with van der Waals surface area (Å²) in [6.07, 6.45) is 4.13. The average molecular weight is 326 g/mol. The number of anilines is 2. The van der Waals surface area contributed by atoms with Gasteiger partial charge in [0.05, 0.1) is 18.0 Å². The smallest absolute Gasteiger partial charge is 0.260 e. The molecule has 19 heavy (non-hydrogen) atoms. The molecule has 98 valence electrons. The quantitative estimate of drug-likeness (QED) is 0.903. The highest BCUT2D eigenvalue weighted by Crippen LogP contribution is 2.16. The minimum absolute atomic E-state index is 0.00883. The van der Waals surface area contributed by atoms with Crippen LogP contribution in [-0.4, -0.2) is 27.9 Å². The minimum atomic E-state index is -0.715. The Hall–Kier alpha value is -2.09. The first-order valence-corrected chi connectivity index (χ1v) is 6.02. The molecule has 6 nitrogen and oxygen atoms in total. The highest BCUT2D eigenvalue weighted by atomic mass is 79.9. The molecule has 0 atom stereocenters. The van der Waals surface area contributed by atoms with Crippen molar-refractivity contribution in [3.8, 4) is 0 Å². The number of halogens is 2. The number of amides is 1. The molecule has 2 aromatic rings. The van der Waals surface area contributed by atoms with Gasteiger partial charge < -0.3 is 10.6 Å². The topological polar surface area (TPSA) is 79.8 Å². The second-order valence-corrected chi connectivity index (χ2v) is 4.26. The van der Waals surface area contributed by atoms with E-state index in [9.17, 15) is 9.18 Å². The number of carbonyl (C=O) groups excluding carboxylic acids is 1. The van der Waals surface area contributed by atoms with Gasteiger partial charge in [0.25, 0.3) is 5.91 Å². The second-order valence-electron chi connectivity index (χ2n) is 3.45. The molecule has 0 unspecified atom stereocenters. The molecule has 0 radical (unpaired) electrons. The second kappa shape index (κ2) is 5.70. The predicted octanol–water partition coefficient (Wildman–Crippen LogP) is 2.07. The summed E-state index contributed by atoms with van der Waals surface area (Å²) in [6.45, 7) is 0. The van der Waals surface area contributed by atoms with Crippen molar-refractivity contribution in [1.29, 1.82) is 0 Å². The number of hydrogen-bond donors (Lipinski definition) is 2. The predicted molar refractivity (Wildman–Crippen MR) is 71.4 cm³/mol. The summed E-state index contributed by atoms with van der Waals surface area (Å²) in [4.78, 5) is 23.5. The average Bonchev–Trinajstić information content (AvgIpc) is 2.41. The van der Waals surface area contributed by atoms with Crippen LogP contribution < -0.4 is 10.6 Å². The molecule has 0 saturated carbocycles. The molecule has 2 aromatic heterocycles. The summed E-state index contributed by atoms with van der Waals surface area (Å²) in [7, 11) is 1.52. The van der Waals surface area contributed by atoms with Crippen LogP contribution in [0, 0.1) is 5.82 Å². The summed E-state index contributed by atoms with van der Waals surface area (Å²) in [5.74, 6) is -1.09. The van der Waals surface area contributed by atoms with Gasteiger partial charge in [-0.25, -0.2) is 19.3 Å². The van der Waals surface area contributed by atoms with Crippen LogP contribution in [0.25, 0.3) is 0 Å². The van der Waals surface area contributed by atoms with Crippen LogP contribution in [0.1, 0.15) is 10.4 Å². The van der Waals surface area contributed by atoms with E-state index in [2.05, 4.69) is 41.5 Å². The van der Waals surface area contributed by atoms with Gasteiger partial charge >= 0.3 is 0 Å². The van der Waals surface area contributed by atoms with Crippen molar-refractivity contribution < 1.29 is 9.18 Å². The molecule has 1 amide bonds. The Bertz CT molecular complexity index is 605. The summed E-state index contributed by atoms with van der Waals surface area (Å²) >= 11 is 3.12. The van der Waals surface area contributed by atoms with Gasteiger partial charge in [-0.15, -0.1) is 0 Å². The minimum Gasteiger partial charge on any atom is -0.371 e. The van der Waals surface area contributed by atoms with Gasteiger partial charge in [0.1, 0.15) is 4.60 Å². The lowest BCUT2D eigenvalue weighted by atomic mass is 10.2. The lowest BCUT2D eigenvalue weighted by molar-refractivity contribution is 0.102. The van der Waals surface area contributed by atoms with Crippen molar-refractivity contribution in [2.75, 3.05) is 17.7 Å². The standard InChI is InChI=1S/C11H9BrFN5O/c1-14-10-9(13)6(2-3-15-10)11(19)18-8-5-16-7(12)4-17-8/h2-5H,1H3,(H,14,15)(H,17,18,19). The maximum absolute atomic E-state index is 13.9. The molecule has 0 fully saturated rings. The van der Waals surface area contributed by atoms with Gasteiger partial charge in [-0.3, -0.25) is 4.79 Å². The van der Waals surface area contributed by atoms with Gasteiger partial charge in [0, 0.05) is 13.2 Å². The number of nitrogens with zero attached hydrogens (tertiary/aromatic N) is 3.